The Hall–Kier alpha value is -2.25. The van der Waals surface area contributed by atoms with Crippen molar-refractivity contribution in [3.05, 3.63) is 52.0 Å². The van der Waals surface area contributed by atoms with Crippen molar-refractivity contribution in [3.63, 3.8) is 0 Å². The molecular formula is C22H22ClN3O3S. The zero-order chi connectivity index (χ0) is 21.2. The van der Waals surface area contributed by atoms with E-state index in [9.17, 15) is 9.59 Å². The minimum absolute atomic E-state index is 0.0264. The Balaban J connectivity index is 1.64. The molecule has 2 aromatic rings. The lowest BCUT2D eigenvalue weighted by Gasteiger charge is -2.39. The summed E-state index contributed by atoms with van der Waals surface area (Å²) in [5.74, 6) is -0.238. The van der Waals surface area contributed by atoms with E-state index in [-0.39, 0.29) is 40.8 Å². The predicted molar refractivity (Wildman–Crippen MR) is 114 cm³/mol. The first-order valence-electron chi connectivity index (χ1n) is 10.1. The van der Waals surface area contributed by atoms with E-state index < -0.39 is 6.04 Å². The molecule has 2 aromatic heterocycles. The average molecular weight is 444 g/mol. The van der Waals surface area contributed by atoms with E-state index in [1.807, 2.05) is 26.0 Å². The Bertz CT molecular complexity index is 1050. The number of alkyl halides is 1. The number of amides is 1. The Morgan fingerprint density at radius 1 is 1.20 bits per heavy atom. The highest BCUT2D eigenvalue weighted by molar-refractivity contribution is 7.15. The number of nitrogens with zero attached hydrogens (tertiary/aromatic N) is 3. The molecule has 30 heavy (non-hydrogen) atoms. The van der Waals surface area contributed by atoms with E-state index in [2.05, 4.69) is 16.9 Å². The van der Waals surface area contributed by atoms with E-state index >= 15 is 0 Å². The van der Waals surface area contributed by atoms with Gasteiger partial charge in [0, 0.05) is 22.6 Å². The summed E-state index contributed by atoms with van der Waals surface area (Å²) in [6.07, 6.45) is 4.27. The summed E-state index contributed by atoms with van der Waals surface area (Å²) in [7, 11) is 0. The highest BCUT2D eigenvalue weighted by Gasteiger charge is 2.54. The number of halogens is 1. The number of hydrogen-bond acceptors (Lipinski definition) is 6. The molecule has 6 nitrogen and oxygen atoms in total. The maximum absolute atomic E-state index is 13.7. The third-order valence-corrected chi connectivity index (χ3v) is 8.14. The molecule has 3 aliphatic rings. The summed E-state index contributed by atoms with van der Waals surface area (Å²) in [5, 5.41) is 0.506. The first-order chi connectivity index (χ1) is 14.4. The zero-order valence-electron chi connectivity index (χ0n) is 17.0. The van der Waals surface area contributed by atoms with Crippen LogP contribution in [0.3, 0.4) is 0 Å². The lowest BCUT2D eigenvalue weighted by atomic mass is 9.74. The molecular weight excluding hydrogens is 422 g/mol. The number of ether oxygens (including phenoxy) is 1. The second-order valence-electron chi connectivity index (χ2n) is 8.33. The van der Waals surface area contributed by atoms with Crippen molar-refractivity contribution in [3.8, 4) is 0 Å². The van der Waals surface area contributed by atoms with E-state index in [0.717, 1.165) is 16.1 Å². The number of aryl methyl sites for hydroxylation is 2. The molecule has 0 bridgehead atoms. The summed E-state index contributed by atoms with van der Waals surface area (Å²) in [5.41, 5.74) is 2.12. The van der Waals surface area contributed by atoms with Crippen LogP contribution in [0.25, 0.3) is 0 Å². The first kappa shape index (κ1) is 19.7. The molecule has 5 unspecified atom stereocenters. The minimum Gasteiger partial charge on any atom is -0.483 e. The number of Topliss-reactive ketones (excluding diaryl/α,β-unsaturated/α-hetero) is 1. The van der Waals surface area contributed by atoms with Crippen LogP contribution in [0.4, 0.5) is 5.13 Å². The summed E-state index contributed by atoms with van der Waals surface area (Å²) >= 11 is 7.95. The number of carbonyl (C=O) groups excluding carboxylic acids is 2. The maximum Gasteiger partial charge on any atom is 0.296 e. The molecule has 0 N–H and O–H groups in total. The van der Waals surface area contributed by atoms with Crippen LogP contribution >= 0.6 is 22.9 Å². The third-order valence-electron chi connectivity index (χ3n) is 6.46. The quantitative estimate of drug-likeness (QED) is 0.653. The lowest BCUT2D eigenvalue weighted by Crippen LogP contribution is -2.44. The van der Waals surface area contributed by atoms with Crippen LogP contribution < -0.4 is 4.90 Å². The van der Waals surface area contributed by atoms with E-state index in [4.69, 9.17) is 16.3 Å². The van der Waals surface area contributed by atoms with E-state index in [1.54, 1.807) is 17.3 Å². The first-order valence-corrected chi connectivity index (χ1v) is 11.4. The molecule has 4 heterocycles. The summed E-state index contributed by atoms with van der Waals surface area (Å²) in [6, 6.07) is 3.10. The van der Waals surface area contributed by atoms with Gasteiger partial charge in [0.15, 0.2) is 16.7 Å². The van der Waals surface area contributed by atoms with Crippen LogP contribution in [0, 0.1) is 25.7 Å². The number of thiazole rings is 1. The van der Waals surface area contributed by atoms with Crippen molar-refractivity contribution >= 4 is 39.8 Å². The highest BCUT2D eigenvalue weighted by Crippen LogP contribution is 2.50. The summed E-state index contributed by atoms with van der Waals surface area (Å²) < 4.78 is 6.23. The van der Waals surface area contributed by atoms with Gasteiger partial charge in [0.1, 0.15) is 6.10 Å². The molecule has 0 spiro atoms. The van der Waals surface area contributed by atoms with Crippen LogP contribution in [0.15, 0.2) is 35.9 Å². The molecule has 5 atom stereocenters. The van der Waals surface area contributed by atoms with Crippen molar-refractivity contribution in [2.45, 2.75) is 51.1 Å². The predicted octanol–water partition coefficient (Wildman–Crippen LogP) is 4.12. The largest absolute Gasteiger partial charge is 0.483 e. The fraction of sp³-hybridized carbons (Fsp3) is 0.455. The molecule has 8 heteroatoms. The molecule has 156 valence electrons. The van der Waals surface area contributed by atoms with Gasteiger partial charge in [-0.3, -0.25) is 19.5 Å². The van der Waals surface area contributed by atoms with Crippen molar-refractivity contribution in [2.24, 2.45) is 11.8 Å². The van der Waals surface area contributed by atoms with Gasteiger partial charge in [-0.2, -0.15) is 0 Å². The number of pyridine rings is 1. The molecule has 1 amide bonds. The number of fused-ring (bicyclic) bond motifs is 1. The third kappa shape index (κ3) is 2.90. The second-order valence-corrected chi connectivity index (χ2v) is 10.1. The van der Waals surface area contributed by atoms with Crippen molar-refractivity contribution in [1.82, 2.24) is 9.97 Å². The maximum atomic E-state index is 13.7. The molecule has 2 aliphatic heterocycles. The number of hydrogen-bond donors (Lipinski definition) is 0. The second kappa shape index (κ2) is 7.17. The number of anilines is 1. The van der Waals surface area contributed by atoms with E-state index in [0.29, 0.717) is 23.5 Å². The topological polar surface area (TPSA) is 72.4 Å². The molecule has 1 saturated carbocycles. The van der Waals surface area contributed by atoms with Crippen LogP contribution in [-0.2, 0) is 14.3 Å². The van der Waals surface area contributed by atoms with Gasteiger partial charge >= 0.3 is 0 Å². The van der Waals surface area contributed by atoms with Crippen molar-refractivity contribution in [1.29, 1.82) is 0 Å². The van der Waals surface area contributed by atoms with Gasteiger partial charge in [-0.05, 0) is 50.3 Å². The number of carbonyl (C=O) groups is 2. The molecule has 0 saturated heterocycles. The SMILES string of the molecule is Cc1nc(N2C(=O)C3=C(C(=O)C4CC(Cl)C(C)CC4O3)C2c2ccncc2)sc1C. The minimum atomic E-state index is -0.568. The molecule has 0 radical (unpaired) electrons. The highest BCUT2D eigenvalue weighted by atomic mass is 35.5. The molecule has 5 rings (SSSR count). The van der Waals surface area contributed by atoms with E-state index in [1.165, 1.54) is 11.3 Å². The van der Waals surface area contributed by atoms with Gasteiger partial charge in [-0.25, -0.2) is 4.98 Å². The molecule has 1 fully saturated rings. The van der Waals surface area contributed by atoms with Crippen LogP contribution in [0.2, 0.25) is 0 Å². The monoisotopic (exact) mass is 443 g/mol. The summed E-state index contributed by atoms with van der Waals surface area (Å²) in [4.78, 5) is 38.5. The fourth-order valence-corrected chi connectivity index (χ4v) is 5.87. The van der Waals surface area contributed by atoms with Gasteiger partial charge in [-0.15, -0.1) is 22.9 Å². The Morgan fingerprint density at radius 2 is 1.93 bits per heavy atom. The normalized spacial score (nSPS) is 30.9. The summed E-state index contributed by atoms with van der Waals surface area (Å²) in [6.45, 7) is 5.96. The van der Waals surface area contributed by atoms with Gasteiger partial charge in [0.25, 0.3) is 5.91 Å². The fourth-order valence-electron chi connectivity index (χ4n) is 4.64. The Kier molecular flexibility index (Phi) is 4.71. The van der Waals surface area contributed by atoms with Crippen molar-refractivity contribution < 1.29 is 14.3 Å². The van der Waals surface area contributed by atoms with Gasteiger partial charge in [-0.1, -0.05) is 6.92 Å². The number of rotatable bonds is 2. The van der Waals surface area contributed by atoms with Gasteiger partial charge in [0.05, 0.1) is 23.2 Å². The number of aromatic nitrogens is 2. The van der Waals surface area contributed by atoms with Crippen LogP contribution in [-0.4, -0.2) is 33.1 Å². The Morgan fingerprint density at radius 3 is 2.60 bits per heavy atom. The molecule has 0 aromatic carbocycles. The van der Waals surface area contributed by atoms with Gasteiger partial charge < -0.3 is 4.74 Å². The average Bonchev–Trinajstić information content (AvgIpc) is 3.21. The van der Waals surface area contributed by atoms with Crippen molar-refractivity contribution in [2.75, 3.05) is 4.90 Å². The standard InChI is InChI=1S/C22H22ClN3O3S/c1-10-8-16-14(9-15(10)23)19(27)17-18(13-4-6-24-7-5-13)26(21(28)20(17)29-16)22-25-11(2)12(3)30-22/h4-7,10,14-16,18H,8-9H2,1-3H3. The number of ketones is 1. The Labute approximate surface area is 183 Å². The van der Waals surface area contributed by atoms with Gasteiger partial charge in [0.2, 0.25) is 0 Å². The van der Waals surface area contributed by atoms with Crippen LogP contribution in [0.5, 0.6) is 0 Å². The lowest BCUT2D eigenvalue weighted by molar-refractivity contribution is -0.132. The smallest absolute Gasteiger partial charge is 0.296 e. The van der Waals surface area contributed by atoms with Crippen LogP contribution in [0.1, 0.15) is 41.9 Å². The zero-order valence-corrected chi connectivity index (χ0v) is 18.5. The molecule has 1 aliphatic carbocycles.